The van der Waals surface area contributed by atoms with Crippen LogP contribution in [0.5, 0.6) is 0 Å². The van der Waals surface area contributed by atoms with E-state index in [9.17, 15) is 13.2 Å². The van der Waals surface area contributed by atoms with Crippen molar-refractivity contribution >= 4 is 44.4 Å². The van der Waals surface area contributed by atoms with Gasteiger partial charge in [0.25, 0.3) is 0 Å². The van der Waals surface area contributed by atoms with Crippen LogP contribution in [0.3, 0.4) is 0 Å². The maximum Gasteiger partial charge on any atom is 0.210 e. The summed E-state index contributed by atoms with van der Waals surface area (Å²) in [6.45, 7) is 1.38. The second-order valence-corrected chi connectivity index (χ2v) is 8.02. The summed E-state index contributed by atoms with van der Waals surface area (Å²) in [5.41, 5.74) is 5.95. The Labute approximate surface area is 125 Å². The molecule has 1 heterocycles. The van der Waals surface area contributed by atoms with E-state index in [1.54, 1.807) is 24.5 Å². The summed E-state index contributed by atoms with van der Waals surface area (Å²) < 4.78 is 25.9. The minimum Gasteiger partial charge on any atom is -0.396 e. The lowest BCUT2D eigenvalue weighted by molar-refractivity contribution is 0.102. The van der Waals surface area contributed by atoms with Gasteiger partial charge in [-0.05, 0) is 18.4 Å². The summed E-state index contributed by atoms with van der Waals surface area (Å²) in [6, 6.07) is 8.08. The van der Waals surface area contributed by atoms with E-state index in [2.05, 4.69) is 0 Å². The molecule has 7 heteroatoms. The van der Waals surface area contributed by atoms with Crippen molar-refractivity contribution < 1.29 is 13.2 Å². The molecule has 1 aromatic heterocycles. The summed E-state index contributed by atoms with van der Waals surface area (Å²) in [4.78, 5) is 12.1. The smallest absolute Gasteiger partial charge is 0.210 e. The Balaban J connectivity index is 2.72. The molecular formula is C13H13NO3S3. The van der Waals surface area contributed by atoms with Crippen molar-refractivity contribution in [2.24, 2.45) is 0 Å². The molecule has 1 aromatic carbocycles. The predicted octanol–water partition coefficient (Wildman–Crippen LogP) is 3.09. The molecule has 0 aliphatic carbocycles. The average molecular weight is 327 g/mol. The molecule has 0 amide bonds. The van der Waals surface area contributed by atoms with Crippen molar-refractivity contribution in [3.63, 3.8) is 0 Å². The Morgan fingerprint density at radius 3 is 2.35 bits per heavy atom. The van der Waals surface area contributed by atoms with Gasteiger partial charge in [0, 0.05) is 6.92 Å². The molecule has 0 radical (unpaired) electrons. The van der Waals surface area contributed by atoms with Crippen LogP contribution in [0.25, 0.3) is 0 Å². The van der Waals surface area contributed by atoms with Crippen LogP contribution >= 0.6 is 23.1 Å². The van der Waals surface area contributed by atoms with Crippen molar-refractivity contribution in [3.05, 3.63) is 35.2 Å². The molecule has 4 nitrogen and oxygen atoms in total. The van der Waals surface area contributed by atoms with Crippen LogP contribution in [-0.4, -0.2) is 20.5 Å². The van der Waals surface area contributed by atoms with Gasteiger partial charge in [0.2, 0.25) is 9.84 Å². The third-order valence-electron chi connectivity index (χ3n) is 2.70. The molecule has 106 valence electrons. The molecular weight excluding hydrogens is 314 g/mol. The van der Waals surface area contributed by atoms with Crippen molar-refractivity contribution in [1.82, 2.24) is 0 Å². The van der Waals surface area contributed by atoms with Crippen molar-refractivity contribution in [1.29, 1.82) is 0 Å². The van der Waals surface area contributed by atoms with Gasteiger partial charge in [-0.3, -0.25) is 4.79 Å². The fourth-order valence-electron chi connectivity index (χ4n) is 1.77. The first kappa shape index (κ1) is 15.1. The highest BCUT2D eigenvalue weighted by Crippen LogP contribution is 2.42. The number of sulfone groups is 1. The zero-order valence-corrected chi connectivity index (χ0v) is 13.4. The number of nitrogen functional groups attached to an aromatic ring is 1. The Bertz CT molecular complexity index is 749. The topological polar surface area (TPSA) is 77.2 Å². The molecule has 0 atom stereocenters. The number of thiophene rings is 1. The third kappa shape index (κ3) is 2.48. The van der Waals surface area contributed by atoms with Crippen LogP contribution in [0.15, 0.2) is 44.3 Å². The Morgan fingerprint density at radius 2 is 1.85 bits per heavy atom. The largest absolute Gasteiger partial charge is 0.396 e. The molecule has 0 unspecified atom stereocenters. The average Bonchev–Trinajstić information content (AvgIpc) is 2.77. The van der Waals surface area contributed by atoms with Crippen LogP contribution in [0.2, 0.25) is 0 Å². The molecule has 0 aliphatic rings. The zero-order valence-electron chi connectivity index (χ0n) is 10.9. The molecule has 0 fully saturated rings. The highest BCUT2D eigenvalue weighted by molar-refractivity contribution is 8.01. The Kier molecular flexibility index (Phi) is 4.22. The van der Waals surface area contributed by atoms with E-state index in [1.165, 1.54) is 30.8 Å². The van der Waals surface area contributed by atoms with Crippen molar-refractivity contribution in [2.75, 3.05) is 12.0 Å². The number of rotatable bonds is 4. The normalized spacial score (nSPS) is 11.5. The molecule has 20 heavy (non-hydrogen) atoms. The summed E-state index contributed by atoms with van der Waals surface area (Å²) in [6.07, 6.45) is 1.76. The fourth-order valence-corrected chi connectivity index (χ4v) is 5.86. The number of hydrogen-bond acceptors (Lipinski definition) is 6. The second-order valence-electron chi connectivity index (χ2n) is 4.04. The van der Waals surface area contributed by atoms with E-state index in [0.29, 0.717) is 9.09 Å². The number of carbonyl (C=O) groups is 1. The number of carbonyl (C=O) groups excluding carboxylic acids is 1. The van der Waals surface area contributed by atoms with Gasteiger partial charge >= 0.3 is 0 Å². The number of Topliss-reactive ketones (excluding diaryl/α,β-unsaturated/α-hetero) is 1. The molecule has 2 N–H and O–H groups in total. The number of nitrogens with two attached hydrogens (primary N) is 1. The second kappa shape index (κ2) is 5.59. The van der Waals surface area contributed by atoms with Crippen LogP contribution < -0.4 is 5.73 Å². The first-order valence-electron chi connectivity index (χ1n) is 5.67. The van der Waals surface area contributed by atoms with Gasteiger partial charge in [-0.15, -0.1) is 23.1 Å². The van der Waals surface area contributed by atoms with Crippen LogP contribution in [0.1, 0.15) is 16.6 Å². The SMILES string of the molecule is CSc1sc(C(C)=O)c(N)c1S(=O)(=O)c1ccccc1. The standard InChI is InChI=1S/C13H13NO3S3/c1-8(15)11-10(14)12(13(18-2)19-11)20(16,17)9-6-4-3-5-7-9/h3-7H,14H2,1-2H3. The van der Waals surface area contributed by atoms with Gasteiger partial charge < -0.3 is 5.73 Å². The first-order chi connectivity index (χ1) is 9.39. The highest BCUT2D eigenvalue weighted by Gasteiger charge is 2.29. The zero-order chi connectivity index (χ0) is 14.9. The minimum absolute atomic E-state index is 0.0476. The van der Waals surface area contributed by atoms with E-state index in [-0.39, 0.29) is 21.3 Å². The van der Waals surface area contributed by atoms with Gasteiger partial charge in [0.05, 0.1) is 19.7 Å². The van der Waals surface area contributed by atoms with Crippen molar-refractivity contribution in [2.45, 2.75) is 20.9 Å². The van der Waals surface area contributed by atoms with Gasteiger partial charge in [-0.2, -0.15) is 0 Å². The van der Waals surface area contributed by atoms with Crippen molar-refractivity contribution in [3.8, 4) is 0 Å². The number of hydrogen-bond donors (Lipinski definition) is 1. The summed E-state index contributed by atoms with van der Waals surface area (Å²) >= 11 is 2.40. The van der Waals surface area contributed by atoms with Crippen LogP contribution in [0.4, 0.5) is 5.69 Å². The molecule has 2 aromatic rings. The quantitative estimate of drug-likeness (QED) is 0.690. The highest BCUT2D eigenvalue weighted by atomic mass is 32.2. The predicted molar refractivity (Wildman–Crippen MR) is 82.4 cm³/mol. The van der Waals surface area contributed by atoms with Gasteiger partial charge in [-0.1, -0.05) is 18.2 Å². The molecule has 0 spiro atoms. The van der Waals surface area contributed by atoms with E-state index in [0.717, 1.165) is 11.3 Å². The molecule has 0 saturated carbocycles. The van der Waals surface area contributed by atoms with E-state index in [4.69, 9.17) is 5.73 Å². The molecule has 0 aliphatic heterocycles. The maximum atomic E-state index is 12.7. The van der Waals surface area contributed by atoms with Crippen LogP contribution in [0, 0.1) is 0 Å². The molecule has 0 saturated heterocycles. The number of benzene rings is 1. The molecule has 2 rings (SSSR count). The summed E-state index contributed by atoms with van der Waals surface area (Å²) in [5, 5.41) is 0. The summed E-state index contributed by atoms with van der Waals surface area (Å²) in [5.74, 6) is -0.225. The lowest BCUT2D eigenvalue weighted by atomic mass is 10.3. The minimum atomic E-state index is -3.71. The van der Waals surface area contributed by atoms with E-state index < -0.39 is 9.84 Å². The number of thioether (sulfide) groups is 1. The van der Waals surface area contributed by atoms with E-state index in [1.807, 2.05) is 0 Å². The Morgan fingerprint density at radius 1 is 1.25 bits per heavy atom. The van der Waals surface area contributed by atoms with Gasteiger partial charge in [-0.25, -0.2) is 8.42 Å². The first-order valence-corrected chi connectivity index (χ1v) is 9.19. The third-order valence-corrected chi connectivity index (χ3v) is 7.24. The van der Waals surface area contributed by atoms with Gasteiger partial charge in [0.15, 0.2) is 5.78 Å². The molecule has 0 bridgehead atoms. The number of anilines is 1. The van der Waals surface area contributed by atoms with Crippen LogP contribution in [-0.2, 0) is 9.84 Å². The van der Waals surface area contributed by atoms with E-state index >= 15 is 0 Å². The number of ketones is 1. The maximum absolute atomic E-state index is 12.7. The lowest BCUT2D eigenvalue weighted by Gasteiger charge is -2.06. The lowest BCUT2D eigenvalue weighted by Crippen LogP contribution is -2.06. The monoisotopic (exact) mass is 327 g/mol. The summed E-state index contributed by atoms with van der Waals surface area (Å²) in [7, 11) is -3.71. The van der Waals surface area contributed by atoms with Gasteiger partial charge in [0.1, 0.15) is 4.90 Å². The Hall–Kier alpha value is -1.31. The fraction of sp³-hybridized carbons (Fsp3) is 0.154.